The van der Waals surface area contributed by atoms with Crippen LogP contribution < -0.4 is 15.0 Å². The van der Waals surface area contributed by atoms with Crippen molar-refractivity contribution in [3.63, 3.8) is 0 Å². The molecule has 4 heterocycles. The Labute approximate surface area is 299 Å². The molecule has 7 rings (SSSR count). The lowest BCUT2D eigenvalue weighted by atomic mass is 9.99. The molecule has 0 aliphatic carbocycles. The van der Waals surface area contributed by atoms with E-state index < -0.39 is 55.4 Å². The molecule has 0 spiro atoms. The van der Waals surface area contributed by atoms with Gasteiger partial charge in [-0.25, -0.2) is 9.59 Å². The topological polar surface area (TPSA) is 223 Å². The van der Waals surface area contributed by atoms with E-state index in [0.29, 0.717) is 11.3 Å². The Morgan fingerprint density at radius 1 is 0.962 bits per heavy atom. The van der Waals surface area contributed by atoms with E-state index in [1.165, 1.54) is 41.3 Å². The number of carbonyl (C=O) groups excluding carboxylic acids is 1. The van der Waals surface area contributed by atoms with Crippen molar-refractivity contribution in [3.05, 3.63) is 107 Å². The third-order valence-corrected chi connectivity index (χ3v) is 8.89. The van der Waals surface area contributed by atoms with Crippen LogP contribution in [-0.2, 0) is 19.1 Å². The minimum absolute atomic E-state index is 0.0414. The van der Waals surface area contributed by atoms with Gasteiger partial charge in [0, 0.05) is 23.2 Å². The highest BCUT2D eigenvalue weighted by Gasteiger charge is 2.49. The summed E-state index contributed by atoms with van der Waals surface area (Å²) in [6, 6.07) is 18.2. The van der Waals surface area contributed by atoms with E-state index >= 15 is 0 Å². The SMILES string of the molecule is Cc1cc(C)cc(-c2c3[nH]ccc3cn2OC2C(Oc3ccc4c(=O)c(-c5ccc(O)cc5)coc4c3)OC(COC(=O)C(O)C(=O)O)C(O)C2O)c1. The number of phenolic OH excluding ortho intramolecular Hbond substituents is 1. The molecule has 6 aromatic rings. The normalized spacial score (nSPS) is 20.7. The second-order valence-electron chi connectivity index (χ2n) is 12.8. The molecule has 274 valence electrons. The zero-order chi connectivity index (χ0) is 37.6. The van der Waals surface area contributed by atoms with Crippen molar-refractivity contribution in [1.82, 2.24) is 9.71 Å². The van der Waals surface area contributed by atoms with Gasteiger partial charge in [0.2, 0.25) is 18.5 Å². The van der Waals surface area contributed by atoms with E-state index in [1.54, 1.807) is 24.5 Å². The summed E-state index contributed by atoms with van der Waals surface area (Å²) in [6.45, 7) is 3.15. The molecular weight excluding hydrogens is 692 g/mol. The number of carbonyl (C=O) groups is 2. The second-order valence-corrected chi connectivity index (χ2v) is 12.8. The Bertz CT molecular complexity index is 2360. The quantitative estimate of drug-likeness (QED) is 0.0884. The number of benzene rings is 3. The molecule has 3 aromatic heterocycles. The fourth-order valence-electron chi connectivity index (χ4n) is 6.34. The molecule has 0 saturated carbocycles. The molecule has 15 nitrogen and oxygen atoms in total. The van der Waals surface area contributed by atoms with Gasteiger partial charge in [0.25, 0.3) is 0 Å². The molecule has 6 unspecified atom stereocenters. The number of phenols is 1. The average molecular weight is 727 g/mol. The average Bonchev–Trinajstić information content (AvgIpc) is 3.71. The number of aliphatic hydroxyl groups is 3. The number of aromatic amines is 1. The first-order chi connectivity index (χ1) is 25.4. The smallest absolute Gasteiger partial charge is 0.346 e. The summed E-state index contributed by atoms with van der Waals surface area (Å²) in [6.07, 6.45) is -5.65. The molecule has 6 N–H and O–H groups in total. The third-order valence-electron chi connectivity index (χ3n) is 8.89. The highest BCUT2D eigenvalue weighted by Crippen LogP contribution is 2.33. The summed E-state index contributed by atoms with van der Waals surface area (Å²) in [5.41, 5.74) is 4.72. The van der Waals surface area contributed by atoms with E-state index in [2.05, 4.69) is 4.98 Å². The first-order valence-corrected chi connectivity index (χ1v) is 16.4. The molecule has 3 aromatic carbocycles. The number of aromatic nitrogens is 2. The number of nitrogens with one attached hydrogen (secondary N) is 1. The predicted octanol–water partition coefficient (Wildman–Crippen LogP) is 3.04. The van der Waals surface area contributed by atoms with Gasteiger partial charge in [0.1, 0.15) is 54.0 Å². The maximum Gasteiger partial charge on any atom is 0.346 e. The monoisotopic (exact) mass is 726 g/mol. The summed E-state index contributed by atoms with van der Waals surface area (Å²) in [5, 5.41) is 51.8. The second kappa shape index (κ2) is 14.1. The number of aliphatic hydroxyl groups excluding tert-OH is 3. The van der Waals surface area contributed by atoms with Crippen LogP contribution in [0.5, 0.6) is 11.5 Å². The van der Waals surface area contributed by atoms with Gasteiger partial charge in [-0.2, -0.15) is 4.73 Å². The first-order valence-electron chi connectivity index (χ1n) is 16.4. The summed E-state index contributed by atoms with van der Waals surface area (Å²) in [4.78, 5) is 46.1. The van der Waals surface area contributed by atoms with Crippen molar-refractivity contribution in [3.8, 4) is 33.9 Å². The molecule has 1 saturated heterocycles. The minimum atomic E-state index is -2.48. The van der Waals surface area contributed by atoms with Crippen LogP contribution in [0.1, 0.15) is 11.1 Å². The number of aliphatic carboxylic acids is 1. The van der Waals surface area contributed by atoms with Crippen LogP contribution in [0.25, 0.3) is 44.3 Å². The Morgan fingerprint density at radius 3 is 2.42 bits per heavy atom. The molecule has 1 aliphatic heterocycles. The van der Waals surface area contributed by atoms with Gasteiger partial charge in [-0.3, -0.25) is 4.79 Å². The number of carboxylic acid groups (broad SMARTS) is 1. The highest BCUT2D eigenvalue weighted by atomic mass is 16.8. The van der Waals surface area contributed by atoms with Gasteiger partial charge >= 0.3 is 11.9 Å². The zero-order valence-corrected chi connectivity index (χ0v) is 28.2. The maximum absolute atomic E-state index is 13.4. The summed E-state index contributed by atoms with van der Waals surface area (Å²) >= 11 is 0. The number of hydrogen-bond donors (Lipinski definition) is 6. The molecule has 0 radical (unpaired) electrons. The lowest BCUT2D eigenvalue weighted by molar-refractivity contribution is -0.288. The Hall–Kier alpha value is -6.13. The van der Waals surface area contributed by atoms with Crippen molar-refractivity contribution in [2.24, 2.45) is 0 Å². The number of aryl methyl sites for hydroxylation is 2. The van der Waals surface area contributed by atoms with Crippen LogP contribution in [0.15, 0.2) is 94.6 Å². The molecule has 15 heteroatoms. The fraction of sp³-hybridized carbons (Fsp3) is 0.237. The molecular formula is C38H34N2O13. The fourth-order valence-corrected chi connectivity index (χ4v) is 6.34. The van der Waals surface area contributed by atoms with Crippen molar-refractivity contribution in [2.45, 2.75) is 50.7 Å². The van der Waals surface area contributed by atoms with E-state index in [9.17, 15) is 34.8 Å². The van der Waals surface area contributed by atoms with Gasteiger partial charge in [-0.1, -0.05) is 29.3 Å². The predicted molar refractivity (Wildman–Crippen MR) is 187 cm³/mol. The molecule has 6 atom stereocenters. The summed E-state index contributed by atoms with van der Waals surface area (Å²) in [5.74, 6) is -3.20. The molecule has 1 fully saturated rings. The largest absolute Gasteiger partial charge is 0.508 e. The number of nitrogens with zero attached hydrogens (tertiary/aromatic N) is 1. The first kappa shape index (κ1) is 35.3. The molecule has 0 amide bonds. The van der Waals surface area contributed by atoms with E-state index in [1.807, 2.05) is 38.1 Å². The van der Waals surface area contributed by atoms with Gasteiger partial charge in [-0.05, 0) is 61.9 Å². The third kappa shape index (κ3) is 6.93. The lowest BCUT2D eigenvalue weighted by Crippen LogP contribution is -2.63. The number of ether oxygens (including phenoxy) is 3. The van der Waals surface area contributed by atoms with Crippen LogP contribution in [0.3, 0.4) is 0 Å². The number of fused-ring (bicyclic) bond motifs is 2. The minimum Gasteiger partial charge on any atom is -0.508 e. The number of esters is 1. The zero-order valence-electron chi connectivity index (χ0n) is 28.2. The van der Waals surface area contributed by atoms with Gasteiger partial charge in [0.15, 0.2) is 5.43 Å². The van der Waals surface area contributed by atoms with Crippen molar-refractivity contribution in [2.75, 3.05) is 6.61 Å². The number of hydrogen-bond acceptors (Lipinski definition) is 12. The van der Waals surface area contributed by atoms with E-state index in [4.69, 9.17) is 28.6 Å². The van der Waals surface area contributed by atoms with Crippen molar-refractivity contribution >= 4 is 33.8 Å². The Morgan fingerprint density at radius 2 is 1.70 bits per heavy atom. The summed E-state index contributed by atoms with van der Waals surface area (Å²) in [7, 11) is 0. The molecule has 53 heavy (non-hydrogen) atoms. The summed E-state index contributed by atoms with van der Waals surface area (Å²) < 4.78 is 24.3. The van der Waals surface area contributed by atoms with Crippen LogP contribution in [0.4, 0.5) is 0 Å². The van der Waals surface area contributed by atoms with Gasteiger partial charge in [-0.15, -0.1) is 0 Å². The Balaban J connectivity index is 1.23. The van der Waals surface area contributed by atoms with Crippen LogP contribution in [0.2, 0.25) is 0 Å². The lowest BCUT2D eigenvalue weighted by Gasteiger charge is -2.41. The number of carboxylic acids is 1. The van der Waals surface area contributed by atoms with Crippen molar-refractivity contribution in [1.29, 1.82) is 0 Å². The number of H-pyrrole nitrogens is 1. The highest BCUT2D eigenvalue weighted by molar-refractivity contribution is 5.96. The van der Waals surface area contributed by atoms with Crippen LogP contribution >= 0.6 is 0 Å². The van der Waals surface area contributed by atoms with E-state index in [0.717, 1.165) is 27.6 Å². The maximum atomic E-state index is 13.4. The number of rotatable bonds is 10. The standard InChI is InChI=1S/C38H34N2O13/c1-18-11-19(2)13-22(12-18)30-29-21(9-10-39-29)15-40(30)53-35-33(44)32(43)28(17-50-37(48)34(45)36(46)47)52-38(35)51-24-7-8-25-27(14-24)49-16-26(31(25)42)20-3-5-23(41)6-4-20/h3-16,28,32-35,38-39,41,43-45H,17H2,1-2H3,(H,46,47). The number of aromatic hydroxyl groups is 1. The molecule has 0 bridgehead atoms. The van der Waals surface area contributed by atoms with Crippen LogP contribution in [-0.4, -0.2) is 90.6 Å². The Kier molecular flexibility index (Phi) is 9.40. The van der Waals surface area contributed by atoms with Crippen molar-refractivity contribution < 1.29 is 58.6 Å². The van der Waals surface area contributed by atoms with E-state index in [-0.39, 0.29) is 33.5 Å². The van der Waals surface area contributed by atoms with Gasteiger partial charge < -0.3 is 54.0 Å². The van der Waals surface area contributed by atoms with Gasteiger partial charge in [0.05, 0.1) is 22.7 Å². The molecule has 1 aliphatic rings. The van der Waals surface area contributed by atoms with Crippen LogP contribution in [0, 0.1) is 13.8 Å².